The highest BCUT2D eigenvalue weighted by atomic mass is 127. The number of ether oxygens (including phenoxy) is 2. The van der Waals surface area contributed by atoms with E-state index in [2.05, 4.69) is 27.6 Å². The number of aromatic amines is 1. The molecule has 2 aromatic rings. The van der Waals surface area contributed by atoms with E-state index < -0.39 is 0 Å². The van der Waals surface area contributed by atoms with Crippen LogP contribution in [-0.4, -0.2) is 37.3 Å². The Morgan fingerprint density at radius 2 is 2.19 bits per heavy atom. The molecule has 1 N–H and O–H groups in total. The fourth-order valence-electron chi connectivity index (χ4n) is 2.20. The number of morpholine rings is 1. The maximum atomic E-state index is 12.2. The van der Waals surface area contributed by atoms with Gasteiger partial charge in [-0.05, 0) is 34.7 Å². The van der Waals surface area contributed by atoms with Crippen LogP contribution in [0.2, 0.25) is 5.02 Å². The van der Waals surface area contributed by atoms with Gasteiger partial charge in [0.1, 0.15) is 0 Å². The standard InChI is InChI=1S/C14H12ClIN2O3/c15-10-8-11(16)13(12-9(10)2-1-3-17-12)21-14(19)18-4-6-20-7-5-18/h1-3,8H,4-7H2/p+1. The molecule has 0 saturated carbocycles. The number of nitrogens with one attached hydrogen (secondary N) is 1. The zero-order valence-corrected chi connectivity index (χ0v) is 14.0. The number of pyridine rings is 1. The van der Waals surface area contributed by atoms with E-state index in [1.165, 1.54) is 0 Å². The molecule has 1 aliphatic rings. The van der Waals surface area contributed by atoms with E-state index in [0.29, 0.717) is 37.1 Å². The van der Waals surface area contributed by atoms with Crippen molar-refractivity contribution in [3.05, 3.63) is 33.0 Å². The second-order valence-corrected chi connectivity index (χ2v) is 6.16. The number of hydrogen-bond donors (Lipinski definition) is 0. The third-order valence-electron chi connectivity index (χ3n) is 3.27. The molecule has 21 heavy (non-hydrogen) atoms. The minimum absolute atomic E-state index is 0.364. The highest BCUT2D eigenvalue weighted by molar-refractivity contribution is 14.1. The molecule has 1 aromatic heterocycles. The number of hydrogen-bond acceptors (Lipinski definition) is 3. The number of fused-ring (bicyclic) bond motifs is 1. The quantitative estimate of drug-likeness (QED) is 0.668. The van der Waals surface area contributed by atoms with Crippen LogP contribution in [0, 0.1) is 3.57 Å². The summed E-state index contributed by atoms with van der Waals surface area (Å²) in [5.74, 6) is 0.507. The minimum Gasteiger partial charge on any atom is -0.402 e. The molecule has 0 aliphatic carbocycles. The first-order valence-electron chi connectivity index (χ1n) is 6.50. The smallest absolute Gasteiger partial charge is 0.402 e. The minimum atomic E-state index is -0.364. The number of rotatable bonds is 1. The molecule has 2 heterocycles. The molecule has 5 nitrogen and oxygen atoms in total. The lowest BCUT2D eigenvalue weighted by Crippen LogP contribution is -2.42. The number of amides is 1. The van der Waals surface area contributed by atoms with Crippen molar-refractivity contribution >= 4 is 51.2 Å². The van der Waals surface area contributed by atoms with Crippen LogP contribution < -0.4 is 9.72 Å². The lowest BCUT2D eigenvalue weighted by atomic mass is 10.2. The Balaban J connectivity index is 1.94. The van der Waals surface area contributed by atoms with Gasteiger partial charge in [-0.25, -0.2) is 9.78 Å². The Kier molecular flexibility index (Phi) is 4.46. The predicted octanol–water partition coefficient (Wildman–Crippen LogP) is 2.74. The summed E-state index contributed by atoms with van der Waals surface area (Å²) in [6.07, 6.45) is 1.41. The maximum Gasteiger partial charge on any atom is 0.415 e. The second kappa shape index (κ2) is 6.33. The first-order valence-corrected chi connectivity index (χ1v) is 7.95. The monoisotopic (exact) mass is 419 g/mol. The number of carbonyl (C=O) groups is 1. The van der Waals surface area contributed by atoms with Gasteiger partial charge >= 0.3 is 6.09 Å². The van der Waals surface area contributed by atoms with Crippen LogP contribution in [0.1, 0.15) is 0 Å². The lowest BCUT2D eigenvalue weighted by molar-refractivity contribution is -0.345. The van der Waals surface area contributed by atoms with Gasteiger partial charge in [0.05, 0.1) is 27.2 Å². The lowest BCUT2D eigenvalue weighted by Gasteiger charge is -2.25. The SMILES string of the molecule is O=C(Oc1c(I)cc(Cl)c2ccc[nH+]c12)N1CCOCC1. The van der Waals surface area contributed by atoms with Gasteiger partial charge in [-0.1, -0.05) is 11.6 Å². The zero-order valence-electron chi connectivity index (χ0n) is 11.1. The molecule has 1 aliphatic heterocycles. The molecule has 1 saturated heterocycles. The Labute approximate surface area is 140 Å². The van der Waals surface area contributed by atoms with E-state index in [1.807, 2.05) is 12.1 Å². The Morgan fingerprint density at radius 3 is 2.95 bits per heavy atom. The maximum absolute atomic E-state index is 12.2. The van der Waals surface area contributed by atoms with Crippen molar-refractivity contribution in [3.8, 4) is 5.75 Å². The molecule has 1 aromatic carbocycles. The van der Waals surface area contributed by atoms with E-state index in [4.69, 9.17) is 21.1 Å². The molecule has 110 valence electrons. The van der Waals surface area contributed by atoms with Gasteiger partial charge in [-0.15, -0.1) is 0 Å². The summed E-state index contributed by atoms with van der Waals surface area (Å²) in [5, 5.41) is 1.45. The van der Waals surface area contributed by atoms with Crippen LogP contribution in [0.25, 0.3) is 10.9 Å². The average molecular weight is 420 g/mol. The van der Waals surface area contributed by atoms with Crippen LogP contribution in [0.5, 0.6) is 5.75 Å². The Bertz CT molecular complexity index is 689. The van der Waals surface area contributed by atoms with Gasteiger partial charge in [0, 0.05) is 19.2 Å². The molecule has 0 atom stereocenters. The summed E-state index contributed by atoms with van der Waals surface area (Å²) in [4.78, 5) is 17.0. The van der Waals surface area contributed by atoms with Gasteiger partial charge < -0.3 is 14.4 Å². The van der Waals surface area contributed by atoms with Crippen LogP contribution >= 0.6 is 34.2 Å². The highest BCUT2D eigenvalue weighted by Crippen LogP contribution is 2.33. The number of nitrogens with zero attached hydrogens (tertiary/aromatic N) is 1. The van der Waals surface area contributed by atoms with Crippen LogP contribution in [-0.2, 0) is 4.74 Å². The number of halogens is 2. The third kappa shape index (κ3) is 3.07. The Morgan fingerprint density at radius 1 is 1.43 bits per heavy atom. The summed E-state index contributed by atoms with van der Waals surface area (Å²) >= 11 is 8.34. The van der Waals surface area contributed by atoms with Crippen molar-refractivity contribution in [2.45, 2.75) is 0 Å². The largest absolute Gasteiger partial charge is 0.415 e. The van der Waals surface area contributed by atoms with Crippen LogP contribution in [0.4, 0.5) is 4.79 Å². The van der Waals surface area contributed by atoms with Gasteiger partial charge in [0.2, 0.25) is 5.75 Å². The summed E-state index contributed by atoms with van der Waals surface area (Å²) < 4.78 is 11.6. The number of carbonyl (C=O) groups excluding carboxylic acids is 1. The number of H-pyrrole nitrogens is 1. The summed E-state index contributed by atoms with van der Waals surface area (Å²) in [5.41, 5.74) is 0.719. The zero-order chi connectivity index (χ0) is 14.8. The molecular weight excluding hydrogens is 407 g/mol. The molecule has 0 unspecified atom stereocenters. The molecule has 0 spiro atoms. The van der Waals surface area contributed by atoms with E-state index in [-0.39, 0.29) is 6.09 Å². The summed E-state index contributed by atoms with van der Waals surface area (Å²) in [6.45, 7) is 2.18. The van der Waals surface area contributed by atoms with Gasteiger partial charge in [-0.2, -0.15) is 0 Å². The molecule has 1 fully saturated rings. The molecule has 3 rings (SSSR count). The van der Waals surface area contributed by atoms with Crippen molar-refractivity contribution in [2.24, 2.45) is 0 Å². The fraction of sp³-hybridized carbons (Fsp3) is 0.286. The number of benzene rings is 1. The van der Waals surface area contributed by atoms with Gasteiger partial charge in [0.15, 0.2) is 6.20 Å². The van der Waals surface area contributed by atoms with Crippen LogP contribution in [0.15, 0.2) is 24.4 Å². The first-order chi connectivity index (χ1) is 10.2. The van der Waals surface area contributed by atoms with Crippen LogP contribution in [0.3, 0.4) is 0 Å². The van der Waals surface area contributed by atoms with Gasteiger partial charge in [-0.3, -0.25) is 0 Å². The van der Waals surface area contributed by atoms with Crippen molar-refractivity contribution in [1.29, 1.82) is 0 Å². The second-order valence-electron chi connectivity index (χ2n) is 4.60. The molecule has 7 heteroatoms. The molecule has 0 radical (unpaired) electrons. The predicted molar refractivity (Wildman–Crippen MR) is 86.6 cm³/mol. The first kappa shape index (κ1) is 14.8. The Hall–Kier alpha value is -1.12. The average Bonchev–Trinajstić information content (AvgIpc) is 2.52. The van der Waals surface area contributed by atoms with E-state index in [0.717, 1.165) is 14.5 Å². The topological polar surface area (TPSA) is 52.9 Å². The van der Waals surface area contributed by atoms with Gasteiger partial charge in [0.25, 0.3) is 5.52 Å². The summed E-state index contributed by atoms with van der Waals surface area (Å²) in [7, 11) is 0. The van der Waals surface area contributed by atoms with E-state index >= 15 is 0 Å². The molecular formula is C14H13ClIN2O3+. The highest BCUT2D eigenvalue weighted by Gasteiger charge is 2.23. The van der Waals surface area contributed by atoms with Crippen molar-refractivity contribution < 1.29 is 19.3 Å². The van der Waals surface area contributed by atoms with E-state index in [1.54, 1.807) is 17.2 Å². The van der Waals surface area contributed by atoms with Crippen molar-refractivity contribution in [3.63, 3.8) is 0 Å². The normalized spacial score (nSPS) is 15.2. The van der Waals surface area contributed by atoms with E-state index in [9.17, 15) is 4.79 Å². The number of aromatic nitrogens is 1. The van der Waals surface area contributed by atoms with Crippen molar-refractivity contribution in [2.75, 3.05) is 26.3 Å². The van der Waals surface area contributed by atoms with Crippen molar-refractivity contribution in [1.82, 2.24) is 4.90 Å². The fourth-order valence-corrected chi connectivity index (χ4v) is 3.34. The summed E-state index contributed by atoms with van der Waals surface area (Å²) in [6, 6.07) is 5.53. The third-order valence-corrected chi connectivity index (χ3v) is 4.38. The molecule has 0 bridgehead atoms. The molecule has 1 amide bonds.